The molecule has 1 aromatic rings. The number of hydrogen-bond donors (Lipinski definition) is 0. The number of aryl methyl sites for hydroxylation is 2. The van der Waals surface area contributed by atoms with Crippen LogP contribution in [0.25, 0.3) is 0 Å². The van der Waals surface area contributed by atoms with Crippen molar-refractivity contribution in [3.8, 4) is 0 Å². The fourth-order valence-electron chi connectivity index (χ4n) is 3.58. The Labute approximate surface area is 185 Å². The molecule has 0 aliphatic heterocycles. The van der Waals surface area contributed by atoms with E-state index in [1.807, 2.05) is 11.8 Å². The van der Waals surface area contributed by atoms with E-state index in [-0.39, 0.29) is 0 Å². The third kappa shape index (κ3) is 10.2. The van der Waals surface area contributed by atoms with Crippen LogP contribution in [-0.2, 0) is 5.75 Å². The topological polar surface area (TPSA) is 0 Å². The van der Waals surface area contributed by atoms with E-state index < -0.39 is 0 Å². The van der Waals surface area contributed by atoms with Gasteiger partial charge < -0.3 is 0 Å². The average molecular weight is 411 g/mol. The molecule has 0 spiro atoms. The summed E-state index contributed by atoms with van der Waals surface area (Å²) in [5.41, 5.74) is 10.1. The third-order valence-electron chi connectivity index (χ3n) is 5.34. The Morgan fingerprint density at radius 1 is 1.03 bits per heavy atom. The van der Waals surface area contributed by atoms with Crippen molar-refractivity contribution >= 4 is 11.8 Å². The lowest BCUT2D eigenvalue weighted by molar-refractivity contribution is 0.813. The van der Waals surface area contributed by atoms with E-state index in [1.165, 1.54) is 45.4 Å². The molecule has 0 fully saturated rings. The van der Waals surface area contributed by atoms with E-state index >= 15 is 0 Å². The third-order valence-corrected chi connectivity index (χ3v) is 6.25. The molecule has 0 unspecified atom stereocenters. The molecule has 1 aromatic carbocycles. The molecule has 0 atom stereocenters. The highest BCUT2D eigenvalue weighted by atomic mass is 32.2. The average Bonchev–Trinajstić information content (AvgIpc) is 2.68. The first-order chi connectivity index (χ1) is 13.9. The van der Waals surface area contributed by atoms with Gasteiger partial charge in [0.15, 0.2) is 0 Å². The minimum atomic E-state index is 1.06. The molecular formula is C28H42S. The lowest BCUT2D eigenvalue weighted by atomic mass is 9.92. The quantitative estimate of drug-likeness (QED) is 0.177. The summed E-state index contributed by atoms with van der Waals surface area (Å²) in [6.45, 7) is 17.6. The molecule has 0 N–H and O–H groups in total. The minimum Gasteiger partial charge on any atom is -0.153 e. The zero-order chi connectivity index (χ0) is 21.6. The summed E-state index contributed by atoms with van der Waals surface area (Å²) in [7, 11) is 0. The van der Waals surface area contributed by atoms with E-state index in [2.05, 4.69) is 84.5 Å². The van der Waals surface area contributed by atoms with E-state index in [1.54, 1.807) is 0 Å². The smallest absolute Gasteiger partial charge is 0.0190 e. The van der Waals surface area contributed by atoms with Crippen molar-refractivity contribution < 1.29 is 0 Å². The van der Waals surface area contributed by atoms with Crippen LogP contribution in [0.3, 0.4) is 0 Å². The van der Waals surface area contributed by atoms with Gasteiger partial charge >= 0.3 is 0 Å². The summed E-state index contributed by atoms with van der Waals surface area (Å²) in [4.78, 5) is 0. The first kappa shape index (κ1) is 25.6. The van der Waals surface area contributed by atoms with Crippen molar-refractivity contribution in [3.05, 3.63) is 82.0 Å². The molecule has 0 aliphatic carbocycles. The number of benzene rings is 1. The number of thioether (sulfide) groups is 1. The molecule has 0 radical (unpaired) electrons. The SMILES string of the molecule is C=C(CCC)CCC(=C\CC)/C(=C/C)C/C(C)=C\CSCc1ccc(C)cc1C. The largest absolute Gasteiger partial charge is 0.153 e. The molecule has 0 bridgehead atoms. The number of allylic oxidation sites excluding steroid dienone is 6. The van der Waals surface area contributed by atoms with Gasteiger partial charge in [0.2, 0.25) is 0 Å². The molecule has 29 heavy (non-hydrogen) atoms. The molecule has 0 aromatic heterocycles. The number of rotatable bonds is 13. The Hall–Kier alpha value is -1.47. The Morgan fingerprint density at radius 2 is 1.79 bits per heavy atom. The van der Waals surface area contributed by atoms with Gasteiger partial charge in [0, 0.05) is 11.5 Å². The van der Waals surface area contributed by atoms with Gasteiger partial charge in [-0.2, -0.15) is 11.8 Å². The second kappa shape index (κ2) is 14.5. The van der Waals surface area contributed by atoms with Crippen molar-refractivity contribution in [1.29, 1.82) is 0 Å². The van der Waals surface area contributed by atoms with E-state index in [9.17, 15) is 0 Å². The standard InChI is InChI=1S/C28H42S/c1-8-11-22(4)13-15-27(12-9-2)26(10-3)20-24(6)17-18-29-21-28-16-14-23(5)19-25(28)7/h10,12,14,16-17,19H,4,8-9,11,13,15,18,20-21H2,1-3,5-7H3/b24-17-,26-10+,27-12+. The van der Waals surface area contributed by atoms with Crippen LogP contribution in [0.4, 0.5) is 0 Å². The molecule has 0 nitrogen and oxygen atoms in total. The molecule has 0 saturated heterocycles. The zero-order valence-corrected chi connectivity index (χ0v) is 20.6. The van der Waals surface area contributed by atoms with Crippen molar-refractivity contribution in [3.63, 3.8) is 0 Å². The summed E-state index contributed by atoms with van der Waals surface area (Å²) < 4.78 is 0. The predicted molar refractivity (Wildman–Crippen MR) is 136 cm³/mol. The van der Waals surface area contributed by atoms with Gasteiger partial charge in [-0.05, 0) is 82.1 Å². The normalized spacial score (nSPS) is 13.1. The molecule has 0 amide bonds. The molecule has 0 saturated carbocycles. The number of hydrogen-bond acceptors (Lipinski definition) is 1. The van der Waals surface area contributed by atoms with Crippen LogP contribution >= 0.6 is 11.8 Å². The summed E-state index contributed by atoms with van der Waals surface area (Å²) in [5.74, 6) is 2.17. The van der Waals surface area contributed by atoms with E-state index in [0.717, 1.165) is 43.6 Å². The molecule has 1 rings (SSSR count). The van der Waals surface area contributed by atoms with Gasteiger partial charge in [0.25, 0.3) is 0 Å². The fourth-order valence-corrected chi connectivity index (χ4v) is 4.65. The Bertz CT molecular complexity index is 731. The van der Waals surface area contributed by atoms with Gasteiger partial charge in [-0.15, -0.1) is 0 Å². The highest BCUT2D eigenvalue weighted by molar-refractivity contribution is 7.98. The second-order valence-electron chi connectivity index (χ2n) is 8.12. The molecule has 160 valence electrons. The van der Waals surface area contributed by atoms with Gasteiger partial charge in [0.05, 0.1) is 0 Å². The Kier molecular flexibility index (Phi) is 12.8. The summed E-state index contributed by atoms with van der Waals surface area (Å²) in [6, 6.07) is 6.78. The van der Waals surface area contributed by atoms with Gasteiger partial charge in [-0.1, -0.05) is 80.0 Å². The van der Waals surface area contributed by atoms with Crippen LogP contribution in [0.5, 0.6) is 0 Å². The minimum absolute atomic E-state index is 1.06. The van der Waals surface area contributed by atoms with Crippen LogP contribution in [0.1, 0.15) is 82.9 Å². The molecule has 0 aliphatic rings. The lowest BCUT2D eigenvalue weighted by Gasteiger charge is -2.14. The maximum absolute atomic E-state index is 4.25. The summed E-state index contributed by atoms with van der Waals surface area (Å²) in [5, 5.41) is 0. The maximum Gasteiger partial charge on any atom is 0.0190 e. The van der Waals surface area contributed by atoms with E-state index in [4.69, 9.17) is 0 Å². The highest BCUT2D eigenvalue weighted by Crippen LogP contribution is 2.26. The highest BCUT2D eigenvalue weighted by Gasteiger charge is 2.07. The van der Waals surface area contributed by atoms with Gasteiger partial charge in [-0.3, -0.25) is 0 Å². The van der Waals surface area contributed by atoms with Crippen LogP contribution in [0, 0.1) is 13.8 Å². The first-order valence-corrected chi connectivity index (χ1v) is 12.4. The van der Waals surface area contributed by atoms with Gasteiger partial charge in [-0.25, -0.2) is 0 Å². The van der Waals surface area contributed by atoms with Crippen LogP contribution in [0.15, 0.2) is 65.3 Å². The lowest BCUT2D eigenvalue weighted by Crippen LogP contribution is -1.95. The van der Waals surface area contributed by atoms with Crippen molar-refractivity contribution in [2.75, 3.05) is 5.75 Å². The monoisotopic (exact) mass is 410 g/mol. The fraction of sp³-hybridized carbons (Fsp3) is 0.500. The second-order valence-corrected chi connectivity index (χ2v) is 9.15. The maximum atomic E-state index is 4.25. The summed E-state index contributed by atoms with van der Waals surface area (Å²) in [6.07, 6.45) is 13.9. The molecule has 1 heteroatoms. The predicted octanol–water partition coefficient (Wildman–Crippen LogP) is 9.29. The van der Waals surface area contributed by atoms with Crippen LogP contribution in [0.2, 0.25) is 0 Å². The zero-order valence-electron chi connectivity index (χ0n) is 19.7. The summed E-state index contributed by atoms with van der Waals surface area (Å²) >= 11 is 2.01. The molecular weight excluding hydrogens is 368 g/mol. The van der Waals surface area contributed by atoms with Crippen LogP contribution < -0.4 is 0 Å². The van der Waals surface area contributed by atoms with Crippen LogP contribution in [-0.4, -0.2) is 5.75 Å². The van der Waals surface area contributed by atoms with Crippen molar-refractivity contribution in [2.24, 2.45) is 0 Å². The van der Waals surface area contributed by atoms with Crippen molar-refractivity contribution in [1.82, 2.24) is 0 Å². The first-order valence-electron chi connectivity index (χ1n) is 11.2. The van der Waals surface area contributed by atoms with Crippen molar-refractivity contribution in [2.45, 2.75) is 85.8 Å². The van der Waals surface area contributed by atoms with E-state index in [0.29, 0.717) is 0 Å². The molecule has 0 heterocycles. The Balaban J connectivity index is 2.59. The van der Waals surface area contributed by atoms with Gasteiger partial charge in [0.1, 0.15) is 0 Å². The Morgan fingerprint density at radius 3 is 2.41 bits per heavy atom.